The minimum Gasteiger partial charge on any atom is -0.364 e. The number of fused-ring (bicyclic) bond motifs is 1. The molecule has 3 atom stereocenters. The topological polar surface area (TPSA) is 31.0 Å². The third-order valence-electron chi connectivity index (χ3n) is 3.70. The second-order valence-corrected chi connectivity index (χ2v) is 4.80. The molecule has 3 heteroatoms. The summed E-state index contributed by atoms with van der Waals surface area (Å²) in [4.78, 5) is 10.4. The van der Waals surface area contributed by atoms with Crippen molar-refractivity contribution in [2.45, 2.75) is 56.8 Å². The molecule has 3 rings (SSSR count). The van der Waals surface area contributed by atoms with E-state index in [1.807, 2.05) is 0 Å². The first kappa shape index (κ1) is 9.13. The highest BCUT2D eigenvalue weighted by atomic mass is 17.2. The molecule has 3 nitrogen and oxygen atoms in total. The summed E-state index contributed by atoms with van der Waals surface area (Å²) in [5, 5.41) is 0. The fourth-order valence-electron chi connectivity index (χ4n) is 2.79. The van der Waals surface area contributed by atoms with Gasteiger partial charge in [0.25, 0.3) is 0 Å². The maximum absolute atomic E-state index is 5.48. The predicted octanol–water partition coefficient (Wildman–Crippen LogP) is 2.05. The molecule has 0 aromatic carbocycles. The van der Waals surface area contributed by atoms with Crippen molar-refractivity contribution in [1.29, 1.82) is 0 Å². The highest BCUT2D eigenvalue weighted by molar-refractivity contribution is 4.93. The van der Waals surface area contributed by atoms with Gasteiger partial charge in [0, 0.05) is 0 Å². The van der Waals surface area contributed by atoms with E-state index in [0.717, 1.165) is 12.3 Å². The van der Waals surface area contributed by atoms with Crippen molar-refractivity contribution in [3.05, 3.63) is 0 Å². The highest BCUT2D eigenvalue weighted by Gasteiger charge is 2.50. The van der Waals surface area contributed by atoms with E-state index in [0.29, 0.717) is 18.8 Å². The summed E-state index contributed by atoms with van der Waals surface area (Å²) in [7, 11) is 0. The number of ether oxygens (including phenoxy) is 1. The van der Waals surface area contributed by atoms with E-state index in [1.54, 1.807) is 0 Å². The van der Waals surface area contributed by atoms with Gasteiger partial charge in [-0.3, -0.25) is 0 Å². The van der Waals surface area contributed by atoms with Crippen LogP contribution in [-0.2, 0) is 14.5 Å². The molecule has 0 aromatic rings. The second kappa shape index (κ2) is 3.80. The third kappa shape index (κ3) is 1.81. The van der Waals surface area contributed by atoms with Crippen molar-refractivity contribution >= 4 is 0 Å². The normalized spacial score (nSPS) is 43.3. The molecular formula is C11H18O3. The van der Waals surface area contributed by atoms with E-state index in [1.165, 1.54) is 32.1 Å². The van der Waals surface area contributed by atoms with Crippen LogP contribution in [0, 0.1) is 5.92 Å². The number of rotatable bonds is 2. The van der Waals surface area contributed by atoms with Crippen LogP contribution < -0.4 is 0 Å². The number of epoxide rings is 1. The largest absolute Gasteiger partial charge is 0.364 e. The lowest BCUT2D eigenvalue weighted by molar-refractivity contribution is -0.338. The second-order valence-electron chi connectivity index (χ2n) is 4.80. The lowest BCUT2D eigenvalue weighted by Crippen LogP contribution is -2.31. The van der Waals surface area contributed by atoms with Crippen LogP contribution in [0.1, 0.15) is 38.5 Å². The molecule has 0 unspecified atom stereocenters. The lowest BCUT2D eigenvalue weighted by Gasteiger charge is -2.26. The number of hydrogen-bond acceptors (Lipinski definition) is 3. The Hall–Kier alpha value is -0.120. The van der Waals surface area contributed by atoms with E-state index in [9.17, 15) is 0 Å². The van der Waals surface area contributed by atoms with Crippen molar-refractivity contribution in [3.63, 3.8) is 0 Å². The van der Waals surface area contributed by atoms with Gasteiger partial charge in [0.05, 0.1) is 0 Å². The molecule has 2 saturated heterocycles. The van der Waals surface area contributed by atoms with Crippen LogP contribution in [0.3, 0.4) is 0 Å². The Kier molecular flexibility index (Phi) is 2.48. The Balaban J connectivity index is 1.50. The van der Waals surface area contributed by atoms with E-state index in [2.05, 4.69) is 0 Å². The summed E-state index contributed by atoms with van der Waals surface area (Å²) in [5.41, 5.74) is 0. The van der Waals surface area contributed by atoms with Crippen LogP contribution in [-0.4, -0.2) is 24.9 Å². The Morgan fingerprint density at radius 2 is 1.93 bits per heavy atom. The summed E-state index contributed by atoms with van der Waals surface area (Å²) in [5.74, 6) is 0.847. The Morgan fingerprint density at radius 3 is 2.79 bits per heavy atom. The average molecular weight is 198 g/mol. The quantitative estimate of drug-likeness (QED) is 0.502. The third-order valence-corrected chi connectivity index (χ3v) is 3.70. The zero-order valence-corrected chi connectivity index (χ0v) is 8.48. The summed E-state index contributed by atoms with van der Waals surface area (Å²) in [6, 6.07) is 0. The first-order valence-electron chi connectivity index (χ1n) is 5.87. The maximum Gasteiger partial charge on any atom is 0.122 e. The molecule has 0 spiro atoms. The Labute approximate surface area is 84.6 Å². The molecule has 0 radical (unpaired) electrons. The van der Waals surface area contributed by atoms with Crippen LogP contribution in [0.5, 0.6) is 0 Å². The molecular weight excluding hydrogens is 180 g/mol. The molecule has 2 aliphatic heterocycles. The molecule has 0 N–H and O–H groups in total. The van der Waals surface area contributed by atoms with Crippen LogP contribution in [0.25, 0.3) is 0 Å². The van der Waals surface area contributed by atoms with Crippen LogP contribution in [0.2, 0.25) is 0 Å². The predicted molar refractivity (Wildman–Crippen MR) is 50.7 cm³/mol. The standard InChI is InChI=1S/C11H18O3/c1-2-4-8(5-3-1)6-9-11-10(13-11)7-12-14-9/h8-11H,1-7H2/t9-,10-,11+/m1/s1. The molecule has 0 aromatic heterocycles. The molecule has 80 valence electrons. The van der Waals surface area contributed by atoms with Crippen molar-refractivity contribution in [1.82, 2.24) is 0 Å². The first-order valence-corrected chi connectivity index (χ1v) is 5.87. The van der Waals surface area contributed by atoms with Gasteiger partial charge in [0.1, 0.15) is 24.9 Å². The monoisotopic (exact) mass is 198 g/mol. The van der Waals surface area contributed by atoms with Crippen molar-refractivity contribution in [2.75, 3.05) is 6.61 Å². The SMILES string of the molecule is C1CCC(C[C@H]2OOC[C@H]3O[C@@H]23)CC1. The van der Waals surface area contributed by atoms with E-state index >= 15 is 0 Å². The van der Waals surface area contributed by atoms with Gasteiger partial charge in [-0.2, -0.15) is 0 Å². The van der Waals surface area contributed by atoms with Gasteiger partial charge in [-0.15, -0.1) is 0 Å². The van der Waals surface area contributed by atoms with Gasteiger partial charge >= 0.3 is 0 Å². The summed E-state index contributed by atoms with van der Waals surface area (Å²) in [6.45, 7) is 0.631. The first-order chi connectivity index (χ1) is 6.93. The van der Waals surface area contributed by atoms with E-state index < -0.39 is 0 Å². The summed E-state index contributed by atoms with van der Waals surface area (Å²) < 4.78 is 5.48. The maximum atomic E-state index is 5.48. The van der Waals surface area contributed by atoms with Gasteiger partial charge in [0.2, 0.25) is 0 Å². The van der Waals surface area contributed by atoms with Crippen LogP contribution >= 0.6 is 0 Å². The van der Waals surface area contributed by atoms with Crippen molar-refractivity contribution in [2.24, 2.45) is 5.92 Å². The van der Waals surface area contributed by atoms with Crippen LogP contribution in [0.15, 0.2) is 0 Å². The van der Waals surface area contributed by atoms with Gasteiger partial charge in [0.15, 0.2) is 0 Å². The minimum atomic E-state index is 0.219. The van der Waals surface area contributed by atoms with Gasteiger partial charge in [-0.1, -0.05) is 32.1 Å². The summed E-state index contributed by atoms with van der Waals surface area (Å²) in [6.07, 6.45) is 9.01. The van der Waals surface area contributed by atoms with Gasteiger partial charge in [-0.05, 0) is 12.3 Å². The minimum absolute atomic E-state index is 0.219. The van der Waals surface area contributed by atoms with Crippen molar-refractivity contribution < 1.29 is 14.5 Å². The fraction of sp³-hybridized carbons (Fsp3) is 1.00. The van der Waals surface area contributed by atoms with Crippen molar-refractivity contribution in [3.8, 4) is 0 Å². The molecule has 1 aliphatic carbocycles. The Morgan fingerprint density at radius 1 is 1.07 bits per heavy atom. The molecule has 3 aliphatic rings. The van der Waals surface area contributed by atoms with E-state index in [4.69, 9.17) is 14.5 Å². The highest BCUT2D eigenvalue weighted by Crippen LogP contribution is 2.37. The molecule has 2 heterocycles. The molecule has 1 saturated carbocycles. The average Bonchev–Trinajstić information content (AvgIpc) is 2.99. The zero-order chi connectivity index (χ0) is 9.38. The van der Waals surface area contributed by atoms with E-state index in [-0.39, 0.29) is 6.10 Å². The van der Waals surface area contributed by atoms with Gasteiger partial charge in [-0.25, -0.2) is 9.78 Å². The molecule has 0 bridgehead atoms. The fourth-order valence-corrected chi connectivity index (χ4v) is 2.79. The molecule has 0 amide bonds. The lowest BCUT2D eigenvalue weighted by atomic mass is 9.84. The zero-order valence-electron chi connectivity index (χ0n) is 8.48. The van der Waals surface area contributed by atoms with Crippen LogP contribution in [0.4, 0.5) is 0 Å². The summed E-state index contributed by atoms with van der Waals surface area (Å²) >= 11 is 0. The molecule has 3 fully saturated rings. The molecule has 14 heavy (non-hydrogen) atoms. The van der Waals surface area contributed by atoms with Gasteiger partial charge < -0.3 is 4.74 Å². The number of hydrogen-bond donors (Lipinski definition) is 0. The smallest absolute Gasteiger partial charge is 0.122 e. The Bertz CT molecular complexity index is 201.